The van der Waals surface area contributed by atoms with Crippen LogP contribution in [0.2, 0.25) is 15.3 Å². The Morgan fingerprint density at radius 3 is 2.56 bits per heavy atom. The highest BCUT2D eigenvalue weighted by Gasteiger charge is 2.23. The molecule has 1 saturated heterocycles. The highest BCUT2D eigenvalue weighted by atomic mass is 35.5. The summed E-state index contributed by atoms with van der Waals surface area (Å²) in [6, 6.07) is 4.89. The van der Waals surface area contributed by atoms with E-state index in [1.165, 1.54) is 12.1 Å². The monoisotopic (exact) mass is 496 g/mol. The number of benzene rings is 1. The summed E-state index contributed by atoms with van der Waals surface area (Å²) in [4.78, 5) is 34.9. The van der Waals surface area contributed by atoms with E-state index in [-0.39, 0.29) is 51.0 Å². The SMILES string of the molecule is C=C(CC)C(=O)c1ccc(OCC(=O)NC2CCN(c3ccnc(Cl)n3)CC2)c(Cl)c1Cl. The van der Waals surface area contributed by atoms with Crippen LogP contribution in [0.3, 0.4) is 0 Å². The molecule has 1 N–H and O–H groups in total. The summed E-state index contributed by atoms with van der Waals surface area (Å²) in [7, 11) is 0. The maximum Gasteiger partial charge on any atom is 0.258 e. The number of hydrogen-bond donors (Lipinski definition) is 1. The molecule has 10 heteroatoms. The van der Waals surface area contributed by atoms with Crippen LogP contribution in [0.1, 0.15) is 36.5 Å². The summed E-state index contributed by atoms with van der Waals surface area (Å²) in [5, 5.41) is 3.35. The van der Waals surface area contributed by atoms with Gasteiger partial charge in [0.2, 0.25) is 5.28 Å². The summed E-state index contributed by atoms with van der Waals surface area (Å²) in [6.45, 7) is 6.82. The van der Waals surface area contributed by atoms with E-state index in [1.807, 2.05) is 13.0 Å². The van der Waals surface area contributed by atoms with Crippen molar-refractivity contribution in [3.8, 4) is 5.75 Å². The first-order valence-electron chi connectivity index (χ1n) is 10.2. The lowest BCUT2D eigenvalue weighted by atomic mass is 10.0. The molecular weight excluding hydrogens is 475 g/mol. The largest absolute Gasteiger partial charge is 0.482 e. The number of aromatic nitrogens is 2. The van der Waals surface area contributed by atoms with E-state index in [2.05, 4.69) is 26.8 Å². The average molecular weight is 498 g/mol. The Hall–Kier alpha value is -2.35. The van der Waals surface area contributed by atoms with Crippen LogP contribution in [0.15, 0.2) is 36.5 Å². The molecule has 3 rings (SSSR count). The van der Waals surface area contributed by atoms with Crippen molar-refractivity contribution in [2.45, 2.75) is 32.2 Å². The number of piperidine rings is 1. The summed E-state index contributed by atoms with van der Waals surface area (Å²) < 4.78 is 5.54. The molecule has 0 aliphatic carbocycles. The van der Waals surface area contributed by atoms with Crippen LogP contribution < -0.4 is 15.0 Å². The molecule has 2 aromatic rings. The average Bonchev–Trinajstić information content (AvgIpc) is 2.79. The second-order valence-corrected chi connectivity index (χ2v) is 8.42. The van der Waals surface area contributed by atoms with Crippen molar-refractivity contribution in [2.24, 2.45) is 0 Å². The summed E-state index contributed by atoms with van der Waals surface area (Å²) in [5.74, 6) is 0.481. The number of anilines is 1. The number of allylic oxidation sites excluding steroid dienone is 1. The maximum atomic E-state index is 12.4. The summed E-state index contributed by atoms with van der Waals surface area (Å²) in [6.07, 6.45) is 3.66. The van der Waals surface area contributed by atoms with E-state index in [4.69, 9.17) is 39.5 Å². The first-order valence-corrected chi connectivity index (χ1v) is 11.3. The molecule has 2 heterocycles. The van der Waals surface area contributed by atoms with Crippen molar-refractivity contribution in [2.75, 3.05) is 24.6 Å². The Bertz CT molecular complexity index is 1020. The van der Waals surface area contributed by atoms with Gasteiger partial charge in [-0.15, -0.1) is 0 Å². The van der Waals surface area contributed by atoms with Crippen molar-refractivity contribution < 1.29 is 14.3 Å². The third kappa shape index (κ3) is 5.91. The van der Waals surface area contributed by atoms with Crippen LogP contribution in [0.5, 0.6) is 5.75 Å². The second kappa shape index (κ2) is 11.0. The van der Waals surface area contributed by atoms with Gasteiger partial charge in [0.15, 0.2) is 12.4 Å². The standard InChI is InChI=1S/C22H23Cl3N4O3/c1-3-13(2)21(31)15-4-5-16(20(24)19(15)23)32-12-18(30)27-14-7-10-29(11-8-14)17-6-9-26-22(25)28-17/h4-6,9,14H,2-3,7-8,10-12H2,1H3,(H,27,30). The molecule has 0 spiro atoms. The number of ether oxygens (including phenoxy) is 1. The van der Waals surface area contributed by atoms with Gasteiger partial charge in [-0.3, -0.25) is 9.59 Å². The fourth-order valence-electron chi connectivity index (χ4n) is 3.34. The number of nitrogens with one attached hydrogen (secondary N) is 1. The molecule has 0 saturated carbocycles. The molecule has 1 aromatic heterocycles. The number of halogens is 3. The summed E-state index contributed by atoms with van der Waals surface area (Å²) >= 11 is 18.4. The van der Waals surface area contributed by atoms with Gasteiger partial charge in [-0.1, -0.05) is 36.7 Å². The molecule has 1 aliphatic rings. The first kappa shape index (κ1) is 24.3. The van der Waals surface area contributed by atoms with E-state index in [9.17, 15) is 9.59 Å². The molecule has 1 fully saturated rings. The number of nitrogens with zero attached hydrogens (tertiary/aromatic N) is 3. The smallest absolute Gasteiger partial charge is 0.258 e. The third-order valence-corrected chi connectivity index (χ3v) is 6.24. The number of ketones is 1. The third-order valence-electron chi connectivity index (χ3n) is 5.19. The molecule has 170 valence electrons. The Balaban J connectivity index is 1.51. The van der Waals surface area contributed by atoms with Gasteiger partial charge in [0.25, 0.3) is 5.91 Å². The lowest BCUT2D eigenvalue weighted by molar-refractivity contribution is -0.123. The zero-order valence-corrected chi connectivity index (χ0v) is 19.8. The van der Waals surface area contributed by atoms with Gasteiger partial charge in [0.05, 0.1) is 5.02 Å². The van der Waals surface area contributed by atoms with Crippen molar-refractivity contribution >= 4 is 52.3 Å². The second-order valence-electron chi connectivity index (χ2n) is 7.33. The van der Waals surface area contributed by atoms with E-state index >= 15 is 0 Å². The lowest BCUT2D eigenvalue weighted by Gasteiger charge is -2.33. The van der Waals surface area contributed by atoms with Crippen LogP contribution in [0.4, 0.5) is 5.82 Å². The molecule has 0 radical (unpaired) electrons. The van der Waals surface area contributed by atoms with E-state index in [0.29, 0.717) is 12.0 Å². The van der Waals surface area contributed by atoms with E-state index < -0.39 is 0 Å². The number of Topliss-reactive ketones (excluding diaryl/α,β-unsaturated/α-hetero) is 1. The molecule has 32 heavy (non-hydrogen) atoms. The van der Waals surface area contributed by atoms with Crippen LogP contribution in [-0.2, 0) is 4.79 Å². The highest BCUT2D eigenvalue weighted by Crippen LogP contribution is 2.35. The molecule has 1 aromatic carbocycles. The molecule has 1 amide bonds. The van der Waals surface area contributed by atoms with Crippen molar-refractivity contribution in [3.05, 3.63) is 57.4 Å². The molecule has 1 aliphatic heterocycles. The molecule has 0 unspecified atom stereocenters. The fourth-order valence-corrected chi connectivity index (χ4v) is 3.94. The van der Waals surface area contributed by atoms with Crippen LogP contribution >= 0.6 is 34.8 Å². The topological polar surface area (TPSA) is 84.4 Å². The van der Waals surface area contributed by atoms with Gasteiger partial charge in [0, 0.05) is 30.9 Å². The minimum Gasteiger partial charge on any atom is -0.482 e. The predicted octanol–water partition coefficient (Wildman–Crippen LogP) is 4.75. The van der Waals surface area contributed by atoms with Crippen LogP contribution in [-0.4, -0.2) is 47.4 Å². The Kier molecular flexibility index (Phi) is 8.34. The van der Waals surface area contributed by atoms with Crippen molar-refractivity contribution in [1.82, 2.24) is 15.3 Å². The lowest BCUT2D eigenvalue weighted by Crippen LogP contribution is -2.46. The first-order chi connectivity index (χ1) is 15.3. The summed E-state index contributed by atoms with van der Waals surface area (Å²) in [5.41, 5.74) is 0.696. The van der Waals surface area contributed by atoms with Gasteiger partial charge in [-0.2, -0.15) is 0 Å². The zero-order valence-electron chi connectivity index (χ0n) is 17.5. The van der Waals surface area contributed by atoms with E-state index in [0.717, 1.165) is 31.7 Å². The Labute approximate surface area is 201 Å². The quantitative estimate of drug-likeness (QED) is 0.322. The number of amides is 1. The van der Waals surface area contributed by atoms with Gasteiger partial charge in [-0.25, -0.2) is 9.97 Å². The number of carbonyl (C=O) groups excluding carboxylic acids is 2. The Morgan fingerprint density at radius 1 is 1.19 bits per heavy atom. The van der Waals surface area contributed by atoms with Crippen molar-refractivity contribution in [1.29, 1.82) is 0 Å². The molecule has 0 bridgehead atoms. The van der Waals surface area contributed by atoms with Gasteiger partial charge >= 0.3 is 0 Å². The van der Waals surface area contributed by atoms with Gasteiger partial charge in [-0.05, 0) is 54.6 Å². The van der Waals surface area contributed by atoms with Crippen molar-refractivity contribution in [3.63, 3.8) is 0 Å². The molecular formula is C22H23Cl3N4O3. The number of rotatable bonds is 8. The van der Waals surface area contributed by atoms with Gasteiger partial charge < -0.3 is 15.0 Å². The molecule has 0 atom stereocenters. The molecule has 7 nitrogen and oxygen atoms in total. The predicted molar refractivity (Wildman–Crippen MR) is 126 cm³/mol. The fraction of sp³-hybridized carbons (Fsp3) is 0.364. The maximum absolute atomic E-state index is 12.4. The van der Waals surface area contributed by atoms with Crippen LogP contribution in [0, 0.1) is 0 Å². The normalized spacial score (nSPS) is 14.2. The van der Waals surface area contributed by atoms with Gasteiger partial charge in [0.1, 0.15) is 16.6 Å². The Morgan fingerprint density at radius 2 is 1.91 bits per heavy atom. The number of carbonyl (C=O) groups is 2. The highest BCUT2D eigenvalue weighted by molar-refractivity contribution is 6.45. The minimum atomic E-state index is -0.265. The van der Waals surface area contributed by atoms with Crippen LogP contribution in [0.25, 0.3) is 0 Å². The van der Waals surface area contributed by atoms with E-state index in [1.54, 1.807) is 6.20 Å². The minimum absolute atomic E-state index is 0.0266. The zero-order chi connectivity index (χ0) is 23.3. The number of hydrogen-bond acceptors (Lipinski definition) is 6.